The summed E-state index contributed by atoms with van der Waals surface area (Å²) in [5.41, 5.74) is 4.74. The van der Waals surface area contributed by atoms with E-state index in [9.17, 15) is 9.59 Å². The molecule has 1 aromatic rings. The SMILES string of the molecule is COC(=O)c1ccc(C#CCC#C[Si](C)(C)C)c(NC(C)=O)c1. The molecular weight excluding hydrogens is 306 g/mol. The van der Waals surface area contributed by atoms with Crippen molar-refractivity contribution in [2.45, 2.75) is 33.0 Å². The molecule has 0 spiro atoms. The van der Waals surface area contributed by atoms with Crippen LogP contribution in [0.15, 0.2) is 18.2 Å². The van der Waals surface area contributed by atoms with Crippen molar-refractivity contribution in [1.82, 2.24) is 0 Å². The smallest absolute Gasteiger partial charge is 0.337 e. The third-order valence-electron chi connectivity index (χ3n) is 2.61. The van der Waals surface area contributed by atoms with Crippen LogP contribution >= 0.6 is 0 Å². The molecule has 0 fully saturated rings. The molecule has 0 unspecified atom stereocenters. The zero-order valence-corrected chi connectivity index (χ0v) is 15.2. The lowest BCUT2D eigenvalue weighted by Crippen LogP contribution is -2.16. The minimum Gasteiger partial charge on any atom is -0.465 e. The van der Waals surface area contributed by atoms with E-state index in [0.717, 1.165) is 0 Å². The van der Waals surface area contributed by atoms with Gasteiger partial charge in [0.2, 0.25) is 5.91 Å². The Morgan fingerprint density at radius 2 is 1.91 bits per heavy atom. The number of hydrogen-bond acceptors (Lipinski definition) is 3. The van der Waals surface area contributed by atoms with Crippen molar-refractivity contribution < 1.29 is 14.3 Å². The zero-order chi connectivity index (χ0) is 17.5. The van der Waals surface area contributed by atoms with E-state index < -0.39 is 14.0 Å². The largest absolute Gasteiger partial charge is 0.465 e. The molecular formula is C18H21NO3Si. The van der Waals surface area contributed by atoms with Crippen LogP contribution in [0.5, 0.6) is 0 Å². The van der Waals surface area contributed by atoms with E-state index in [1.807, 2.05) is 0 Å². The third kappa shape index (κ3) is 6.86. The molecule has 1 amide bonds. The van der Waals surface area contributed by atoms with Crippen LogP contribution in [0, 0.1) is 23.3 Å². The van der Waals surface area contributed by atoms with Crippen LogP contribution < -0.4 is 5.32 Å². The number of methoxy groups -OCH3 is 1. The lowest BCUT2D eigenvalue weighted by atomic mass is 10.1. The Hall–Kier alpha value is -2.50. The molecule has 1 aromatic carbocycles. The fourth-order valence-corrected chi connectivity index (χ4v) is 2.30. The summed E-state index contributed by atoms with van der Waals surface area (Å²) in [5, 5.41) is 2.68. The van der Waals surface area contributed by atoms with Gasteiger partial charge in [0.15, 0.2) is 0 Å². The monoisotopic (exact) mass is 327 g/mol. The molecule has 0 atom stereocenters. The maximum Gasteiger partial charge on any atom is 0.337 e. The number of carbonyl (C=O) groups excluding carboxylic acids is 2. The third-order valence-corrected chi connectivity index (χ3v) is 3.54. The van der Waals surface area contributed by atoms with E-state index in [1.54, 1.807) is 18.2 Å². The number of esters is 1. The summed E-state index contributed by atoms with van der Waals surface area (Å²) >= 11 is 0. The van der Waals surface area contributed by atoms with Gasteiger partial charge >= 0.3 is 5.97 Å². The van der Waals surface area contributed by atoms with Crippen LogP contribution in [-0.4, -0.2) is 27.1 Å². The molecule has 0 aliphatic carbocycles. The van der Waals surface area contributed by atoms with Crippen molar-refractivity contribution in [2.24, 2.45) is 0 Å². The van der Waals surface area contributed by atoms with Gasteiger partial charge in [-0.25, -0.2) is 4.79 Å². The molecule has 1 rings (SSSR count). The van der Waals surface area contributed by atoms with Crippen LogP contribution in [0.25, 0.3) is 0 Å². The zero-order valence-electron chi connectivity index (χ0n) is 14.2. The molecule has 1 N–H and O–H groups in total. The number of carbonyl (C=O) groups is 2. The maximum absolute atomic E-state index is 11.6. The molecule has 120 valence electrons. The van der Waals surface area contributed by atoms with E-state index in [0.29, 0.717) is 23.2 Å². The lowest BCUT2D eigenvalue weighted by Gasteiger charge is -2.07. The van der Waals surface area contributed by atoms with Gasteiger partial charge in [0.05, 0.1) is 24.8 Å². The molecule has 23 heavy (non-hydrogen) atoms. The first-order valence-electron chi connectivity index (χ1n) is 7.22. The van der Waals surface area contributed by atoms with Gasteiger partial charge in [-0.1, -0.05) is 37.4 Å². The maximum atomic E-state index is 11.6. The van der Waals surface area contributed by atoms with E-state index in [2.05, 4.69) is 53.0 Å². The summed E-state index contributed by atoms with van der Waals surface area (Å²) in [5.74, 6) is 8.35. The molecule has 0 saturated heterocycles. The van der Waals surface area contributed by atoms with E-state index in [1.165, 1.54) is 14.0 Å². The molecule has 0 saturated carbocycles. The summed E-state index contributed by atoms with van der Waals surface area (Å²) in [6.07, 6.45) is 0.475. The van der Waals surface area contributed by atoms with Crippen LogP contribution in [0.1, 0.15) is 29.3 Å². The van der Waals surface area contributed by atoms with Gasteiger partial charge in [0.25, 0.3) is 0 Å². The number of hydrogen-bond donors (Lipinski definition) is 1. The van der Waals surface area contributed by atoms with Crippen molar-refractivity contribution in [1.29, 1.82) is 0 Å². The van der Waals surface area contributed by atoms with Crippen molar-refractivity contribution in [2.75, 3.05) is 12.4 Å². The Morgan fingerprint density at radius 1 is 1.22 bits per heavy atom. The average Bonchev–Trinajstić information content (AvgIpc) is 2.45. The standard InChI is InChI=1S/C18H21NO3Si/c1-14(20)19-17-13-16(18(21)22-2)11-10-15(17)9-7-6-8-12-23(3,4)5/h10-11,13H,6H2,1-5H3,(H,19,20). The molecule has 0 bridgehead atoms. The normalized spacial score (nSPS) is 9.78. The minimum atomic E-state index is -1.38. The quantitative estimate of drug-likeness (QED) is 0.516. The van der Waals surface area contributed by atoms with Gasteiger partial charge in [0, 0.05) is 12.5 Å². The molecule has 5 heteroatoms. The molecule has 0 radical (unpaired) electrons. The second-order valence-electron chi connectivity index (χ2n) is 5.96. The molecule has 0 heterocycles. The van der Waals surface area contributed by atoms with Gasteiger partial charge in [0.1, 0.15) is 8.07 Å². The average molecular weight is 327 g/mol. The predicted molar refractivity (Wildman–Crippen MR) is 94.7 cm³/mol. The van der Waals surface area contributed by atoms with Crippen molar-refractivity contribution >= 4 is 25.6 Å². The van der Waals surface area contributed by atoms with Crippen LogP contribution in [0.2, 0.25) is 19.6 Å². The van der Waals surface area contributed by atoms with E-state index in [-0.39, 0.29) is 5.91 Å². The second kappa shape index (κ2) is 8.21. The highest BCUT2D eigenvalue weighted by Gasteiger charge is 2.10. The summed E-state index contributed by atoms with van der Waals surface area (Å²) in [6.45, 7) is 7.93. The van der Waals surface area contributed by atoms with Gasteiger partial charge < -0.3 is 10.1 Å². The minimum absolute atomic E-state index is 0.228. The second-order valence-corrected chi connectivity index (χ2v) is 10.7. The first kappa shape index (κ1) is 18.5. The van der Waals surface area contributed by atoms with E-state index >= 15 is 0 Å². The number of anilines is 1. The fourth-order valence-electron chi connectivity index (χ4n) is 1.68. The summed E-state index contributed by atoms with van der Waals surface area (Å²) < 4.78 is 4.68. The van der Waals surface area contributed by atoms with Gasteiger partial charge in [-0.15, -0.1) is 5.54 Å². The first-order chi connectivity index (χ1) is 10.7. The van der Waals surface area contributed by atoms with Crippen LogP contribution in [-0.2, 0) is 9.53 Å². The summed E-state index contributed by atoms with van der Waals surface area (Å²) in [4.78, 5) is 22.9. The Morgan fingerprint density at radius 3 is 2.48 bits per heavy atom. The topological polar surface area (TPSA) is 55.4 Å². The first-order valence-corrected chi connectivity index (χ1v) is 10.7. The molecule has 0 aliphatic heterocycles. The molecule has 0 aliphatic rings. The van der Waals surface area contributed by atoms with Crippen LogP contribution in [0.4, 0.5) is 5.69 Å². The van der Waals surface area contributed by atoms with Crippen molar-refractivity contribution in [3.63, 3.8) is 0 Å². The number of amides is 1. The number of benzene rings is 1. The number of ether oxygens (including phenoxy) is 1. The Balaban J connectivity index is 3.03. The highest BCUT2D eigenvalue weighted by molar-refractivity contribution is 6.83. The van der Waals surface area contributed by atoms with Gasteiger partial charge in [-0.3, -0.25) is 4.79 Å². The van der Waals surface area contributed by atoms with E-state index in [4.69, 9.17) is 0 Å². The van der Waals surface area contributed by atoms with Gasteiger partial charge in [-0.05, 0) is 18.2 Å². The highest BCUT2D eigenvalue weighted by atomic mass is 28.3. The number of rotatable bonds is 2. The Bertz CT molecular complexity index is 725. The van der Waals surface area contributed by atoms with Crippen molar-refractivity contribution in [3.8, 4) is 23.3 Å². The van der Waals surface area contributed by atoms with Crippen molar-refractivity contribution in [3.05, 3.63) is 29.3 Å². The molecule has 4 nitrogen and oxygen atoms in total. The fraction of sp³-hybridized carbons (Fsp3) is 0.333. The lowest BCUT2D eigenvalue weighted by molar-refractivity contribution is -0.114. The van der Waals surface area contributed by atoms with Crippen LogP contribution in [0.3, 0.4) is 0 Å². The Kier molecular flexibility index (Phi) is 6.62. The predicted octanol–water partition coefficient (Wildman–Crippen LogP) is 3.05. The Labute approximate surface area is 138 Å². The highest BCUT2D eigenvalue weighted by Crippen LogP contribution is 2.18. The summed E-state index contributed by atoms with van der Waals surface area (Å²) in [6, 6.07) is 4.87. The summed E-state index contributed by atoms with van der Waals surface area (Å²) in [7, 11) is -0.0699. The molecule has 0 aromatic heterocycles. The van der Waals surface area contributed by atoms with Gasteiger partial charge in [-0.2, -0.15) is 0 Å². The number of nitrogens with one attached hydrogen (secondary N) is 1.